The largest absolute Gasteiger partial charge is 0.461 e. The molecule has 0 saturated heterocycles. The predicted octanol–water partition coefficient (Wildman–Crippen LogP) is 4.02. The number of hydrogen-bond acceptors (Lipinski definition) is 10. The maximum atomic E-state index is 13.1. The zero-order chi connectivity index (χ0) is 27.7. The summed E-state index contributed by atoms with van der Waals surface area (Å²) in [6, 6.07) is 6.64. The Morgan fingerprint density at radius 2 is 1.97 bits per heavy atom. The molecule has 0 unspecified atom stereocenters. The fourth-order valence-electron chi connectivity index (χ4n) is 3.86. The number of carbonyl (C=O) groups is 3. The average molecular weight is 542 g/mol. The van der Waals surface area contributed by atoms with E-state index in [1.165, 1.54) is 11.3 Å². The summed E-state index contributed by atoms with van der Waals surface area (Å²) < 4.78 is 10.3. The first-order chi connectivity index (χ1) is 18.2. The number of carbonyl (C=O) groups excluding carboxylic acids is 3. The normalized spacial score (nSPS) is 11.9. The van der Waals surface area contributed by atoms with Gasteiger partial charge >= 0.3 is 5.97 Å². The zero-order valence-corrected chi connectivity index (χ0v) is 23.4. The minimum absolute atomic E-state index is 0.0570. The zero-order valence-electron chi connectivity index (χ0n) is 22.6. The molecule has 1 atom stereocenters. The van der Waals surface area contributed by atoms with Crippen molar-refractivity contribution in [3.63, 3.8) is 0 Å². The lowest BCUT2D eigenvalue weighted by Crippen LogP contribution is -2.37. The van der Waals surface area contributed by atoms with Crippen molar-refractivity contribution in [2.45, 2.75) is 58.9 Å². The molecular formula is C27H35N5O5S. The highest BCUT2D eigenvalue weighted by molar-refractivity contribution is 7.13. The summed E-state index contributed by atoms with van der Waals surface area (Å²) in [7, 11) is 3.97. The molecule has 0 bridgehead atoms. The van der Waals surface area contributed by atoms with Crippen molar-refractivity contribution in [2.24, 2.45) is 0 Å². The Balaban J connectivity index is 1.67. The van der Waals surface area contributed by atoms with Crippen LogP contribution in [0.4, 0.5) is 0 Å². The molecule has 2 heterocycles. The Hall–Kier alpha value is -3.44. The maximum Gasteiger partial charge on any atom is 0.350 e. The number of aryl methyl sites for hydroxylation is 2. The van der Waals surface area contributed by atoms with E-state index in [1.807, 2.05) is 27.1 Å². The van der Waals surface area contributed by atoms with E-state index in [9.17, 15) is 14.4 Å². The van der Waals surface area contributed by atoms with Gasteiger partial charge in [-0.3, -0.25) is 9.59 Å². The highest BCUT2D eigenvalue weighted by Crippen LogP contribution is 2.21. The standard InChI is InChI=1S/C27H35N5O5S/c1-6-13-36-27(35)24-17(2)28-23(38-24)16-22(33)15-21(11-8-12-32(4)5)30-26(34)20-10-7-9-19(14-20)25-29-18(3)37-31-25/h7,9-10,14,21H,6,8,11-13,15-16H2,1-5H3,(H,30,34)/t21-/m0/s1. The fourth-order valence-corrected chi connectivity index (χ4v) is 4.84. The van der Waals surface area contributed by atoms with Gasteiger partial charge in [-0.05, 0) is 59.0 Å². The van der Waals surface area contributed by atoms with Crippen LogP contribution < -0.4 is 5.32 Å². The Labute approximate surface area is 226 Å². The third-order valence-corrected chi connectivity index (χ3v) is 6.83. The van der Waals surface area contributed by atoms with E-state index in [-0.39, 0.29) is 30.6 Å². The van der Waals surface area contributed by atoms with Crippen LogP contribution in [0.5, 0.6) is 0 Å². The molecule has 0 spiro atoms. The molecule has 0 aliphatic heterocycles. The van der Waals surface area contributed by atoms with Crippen LogP contribution in [-0.4, -0.2) is 71.0 Å². The monoisotopic (exact) mass is 541 g/mol. The molecule has 0 fully saturated rings. The molecular weight excluding hydrogens is 506 g/mol. The molecule has 2 aromatic heterocycles. The smallest absolute Gasteiger partial charge is 0.350 e. The minimum atomic E-state index is -0.410. The fraction of sp³-hybridized carbons (Fsp3) is 0.481. The number of Topliss-reactive ketones (excluding diaryl/α,β-unsaturated/α-hetero) is 1. The van der Waals surface area contributed by atoms with Crippen molar-refractivity contribution in [3.05, 3.63) is 51.3 Å². The lowest BCUT2D eigenvalue weighted by atomic mass is 10.0. The topological polar surface area (TPSA) is 128 Å². The van der Waals surface area contributed by atoms with Gasteiger partial charge in [-0.15, -0.1) is 11.3 Å². The summed E-state index contributed by atoms with van der Waals surface area (Å²) in [5, 5.41) is 7.51. The molecule has 204 valence electrons. The Kier molecular flexibility index (Phi) is 10.7. The van der Waals surface area contributed by atoms with Crippen LogP contribution in [0.1, 0.15) is 69.2 Å². The number of nitrogens with zero attached hydrogens (tertiary/aromatic N) is 4. The van der Waals surface area contributed by atoms with Crippen molar-refractivity contribution < 1.29 is 23.6 Å². The summed E-state index contributed by atoms with van der Waals surface area (Å²) in [5.41, 5.74) is 1.68. The number of rotatable bonds is 14. The van der Waals surface area contributed by atoms with Crippen LogP contribution in [0.15, 0.2) is 28.8 Å². The number of benzene rings is 1. The first-order valence-electron chi connectivity index (χ1n) is 12.7. The summed E-state index contributed by atoms with van der Waals surface area (Å²) in [6.07, 6.45) is 2.45. The number of thiazole rings is 1. The van der Waals surface area contributed by atoms with Crippen molar-refractivity contribution in [2.75, 3.05) is 27.2 Å². The summed E-state index contributed by atoms with van der Waals surface area (Å²) in [4.78, 5) is 49.5. The van der Waals surface area contributed by atoms with E-state index in [4.69, 9.17) is 9.26 Å². The molecule has 38 heavy (non-hydrogen) atoms. The van der Waals surface area contributed by atoms with Gasteiger partial charge in [0.05, 0.1) is 18.7 Å². The van der Waals surface area contributed by atoms with Gasteiger partial charge in [-0.2, -0.15) is 4.98 Å². The second-order valence-electron chi connectivity index (χ2n) is 9.41. The quantitative estimate of drug-likeness (QED) is 0.301. The van der Waals surface area contributed by atoms with E-state index in [1.54, 1.807) is 32.0 Å². The number of amides is 1. The average Bonchev–Trinajstić information content (AvgIpc) is 3.47. The first-order valence-corrected chi connectivity index (χ1v) is 13.5. The van der Waals surface area contributed by atoms with E-state index >= 15 is 0 Å². The van der Waals surface area contributed by atoms with Gasteiger partial charge in [0, 0.05) is 30.5 Å². The van der Waals surface area contributed by atoms with Gasteiger partial charge < -0.3 is 19.5 Å². The van der Waals surface area contributed by atoms with E-state index in [0.29, 0.717) is 51.4 Å². The Morgan fingerprint density at radius 1 is 1.18 bits per heavy atom. The second kappa shape index (κ2) is 13.9. The lowest BCUT2D eigenvalue weighted by molar-refractivity contribution is -0.118. The Bertz CT molecular complexity index is 1250. The SMILES string of the molecule is CCCOC(=O)c1sc(CC(=O)C[C@H](CCCN(C)C)NC(=O)c2cccc(-c3noc(C)n3)c2)nc1C. The molecule has 1 aromatic carbocycles. The Morgan fingerprint density at radius 3 is 2.66 bits per heavy atom. The van der Waals surface area contributed by atoms with Crippen LogP contribution in [0.2, 0.25) is 0 Å². The predicted molar refractivity (Wildman–Crippen MR) is 144 cm³/mol. The van der Waals surface area contributed by atoms with E-state index < -0.39 is 5.97 Å². The molecule has 3 rings (SSSR count). The van der Waals surface area contributed by atoms with Gasteiger partial charge in [-0.1, -0.05) is 24.2 Å². The van der Waals surface area contributed by atoms with E-state index in [0.717, 1.165) is 19.4 Å². The molecule has 11 heteroatoms. The van der Waals surface area contributed by atoms with Crippen LogP contribution in [0.25, 0.3) is 11.4 Å². The van der Waals surface area contributed by atoms with E-state index in [2.05, 4.69) is 25.3 Å². The van der Waals surface area contributed by atoms with Crippen LogP contribution >= 0.6 is 11.3 Å². The number of aromatic nitrogens is 3. The summed E-state index contributed by atoms with van der Waals surface area (Å²) in [5.74, 6) is 0.105. The van der Waals surface area contributed by atoms with Crippen molar-refractivity contribution >= 4 is 29.0 Å². The number of esters is 1. The molecule has 1 N–H and O–H groups in total. The maximum absolute atomic E-state index is 13.1. The van der Waals surface area contributed by atoms with Gasteiger partial charge in [0.15, 0.2) is 0 Å². The van der Waals surface area contributed by atoms with Crippen molar-refractivity contribution in [1.29, 1.82) is 0 Å². The molecule has 0 radical (unpaired) electrons. The van der Waals surface area contributed by atoms with Gasteiger partial charge in [0.2, 0.25) is 11.7 Å². The highest BCUT2D eigenvalue weighted by atomic mass is 32.1. The van der Waals surface area contributed by atoms with Crippen molar-refractivity contribution in [1.82, 2.24) is 25.3 Å². The number of hydrogen-bond donors (Lipinski definition) is 1. The number of ketones is 1. The highest BCUT2D eigenvalue weighted by Gasteiger charge is 2.22. The number of ether oxygens (including phenoxy) is 1. The van der Waals surface area contributed by atoms with Gasteiger partial charge in [0.1, 0.15) is 15.7 Å². The molecule has 3 aromatic rings. The first kappa shape index (κ1) is 29.1. The second-order valence-corrected chi connectivity index (χ2v) is 10.5. The molecule has 0 aliphatic carbocycles. The minimum Gasteiger partial charge on any atom is -0.461 e. The van der Waals surface area contributed by atoms with Crippen LogP contribution in [0.3, 0.4) is 0 Å². The third kappa shape index (κ3) is 8.56. The molecule has 10 nitrogen and oxygen atoms in total. The van der Waals surface area contributed by atoms with Crippen LogP contribution in [0, 0.1) is 13.8 Å². The molecule has 1 amide bonds. The third-order valence-electron chi connectivity index (χ3n) is 5.69. The lowest BCUT2D eigenvalue weighted by Gasteiger charge is -2.19. The van der Waals surface area contributed by atoms with Crippen molar-refractivity contribution in [3.8, 4) is 11.4 Å². The van der Waals surface area contributed by atoms with Crippen LogP contribution in [-0.2, 0) is 16.0 Å². The summed E-state index contributed by atoms with van der Waals surface area (Å²) >= 11 is 1.19. The number of nitrogens with one attached hydrogen (secondary N) is 1. The molecule has 0 saturated carbocycles. The summed E-state index contributed by atoms with van der Waals surface area (Å²) in [6.45, 7) is 6.55. The van der Waals surface area contributed by atoms with Gasteiger partial charge in [0.25, 0.3) is 5.91 Å². The molecule has 0 aliphatic rings. The van der Waals surface area contributed by atoms with Gasteiger partial charge in [-0.25, -0.2) is 9.78 Å².